The first-order valence-electron chi connectivity index (χ1n) is 26.1. The van der Waals surface area contributed by atoms with E-state index in [9.17, 15) is 0 Å². The standard InChI is InChI=1S/C74H44O2/c1-2-15-45(16-3-1)46-17-14-18-51(40-46)71-59-20-4-8-24-63(59)74(64-25-9-5-21-60(64)71)54-35-38-58-57-36-33-50(42-68(57)76-70(58)44-54)48-29-30-49-41-52(32-31-47(49)39-48)72-61-22-6-10-26-65(61)73(66-27-11-7-23-62(66)72)53-34-37-56-55-19-12-13-28-67(55)75-69(56)43-53/h1-44H. The molecule has 2 nitrogen and oxygen atoms in total. The maximum Gasteiger partial charge on any atom is 0.136 e. The Kier molecular flexibility index (Phi) is 9.37. The number of hydrogen-bond donors (Lipinski definition) is 0. The molecule has 0 saturated carbocycles. The summed E-state index contributed by atoms with van der Waals surface area (Å²) >= 11 is 0. The molecule has 0 aliphatic rings. The molecule has 16 rings (SSSR count). The van der Waals surface area contributed by atoms with E-state index in [1.165, 1.54) is 98.4 Å². The highest BCUT2D eigenvalue weighted by atomic mass is 16.3. The first kappa shape index (κ1) is 42.5. The predicted molar refractivity (Wildman–Crippen MR) is 321 cm³/mol. The number of fused-ring (bicyclic) bond motifs is 11. The van der Waals surface area contributed by atoms with Crippen LogP contribution in [0.5, 0.6) is 0 Å². The number of benzene rings is 14. The molecule has 0 spiro atoms. The maximum atomic E-state index is 6.83. The van der Waals surface area contributed by atoms with Gasteiger partial charge in [-0.2, -0.15) is 0 Å². The van der Waals surface area contributed by atoms with Gasteiger partial charge in [0, 0.05) is 21.5 Å². The van der Waals surface area contributed by atoms with Crippen molar-refractivity contribution in [1.29, 1.82) is 0 Å². The molecule has 0 aliphatic heterocycles. The molecule has 2 heteroatoms. The molecular formula is C74H44O2. The zero-order valence-electron chi connectivity index (χ0n) is 41.2. The Hall–Kier alpha value is -10.0. The highest BCUT2D eigenvalue weighted by Gasteiger charge is 2.21. The second kappa shape index (κ2) is 16.8. The minimum atomic E-state index is 0.878. The summed E-state index contributed by atoms with van der Waals surface area (Å²) < 4.78 is 13.2. The van der Waals surface area contributed by atoms with Gasteiger partial charge < -0.3 is 8.83 Å². The fourth-order valence-electron chi connectivity index (χ4n) is 12.6. The third kappa shape index (κ3) is 6.61. The predicted octanol–water partition coefficient (Wildman–Crippen LogP) is 21.3. The minimum Gasteiger partial charge on any atom is -0.456 e. The van der Waals surface area contributed by atoms with E-state index < -0.39 is 0 Å². The monoisotopic (exact) mass is 964 g/mol. The summed E-state index contributed by atoms with van der Waals surface area (Å²) in [5.41, 5.74) is 17.9. The smallest absolute Gasteiger partial charge is 0.136 e. The van der Waals surface area contributed by atoms with Crippen LogP contribution >= 0.6 is 0 Å². The Morgan fingerprint density at radius 3 is 0.947 bits per heavy atom. The van der Waals surface area contributed by atoms with Crippen molar-refractivity contribution in [2.75, 3.05) is 0 Å². The van der Waals surface area contributed by atoms with E-state index in [0.29, 0.717) is 0 Å². The summed E-state index contributed by atoms with van der Waals surface area (Å²) in [5, 5.41) is 16.7. The van der Waals surface area contributed by atoms with Gasteiger partial charge in [-0.1, -0.05) is 206 Å². The maximum absolute atomic E-state index is 6.83. The fraction of sp³-hybridized carbons (Fsp3) is 0. The third-order valence-corrected chi connectivity index (χ3v) is 16.0. The molecule has 0 aliphatic carbocycles. The Labute approximate surface area is 437 Å². The van der Waals surface area contributed by atoms with E-state index in [4.69, 9.17) is 8.83 Å². The molecule has 2 heterocycles. The van der Waals surface area contributed by atoms with E-state index >= 15 is 0 Å². The quantitative estimate of drug-likeness (QED) is 0.155. The minimum absolute atomic E-state index is 0.878. The number of hydrogen-bond acceptors (Lipinski definition) is 2. The van der Waals surface area contributed by atoms with Crippen LogP contribution in [-0.4, -0.2) is 0 Å². The summed E-state index contributed by atoms with van der Waals surface area (Å²) in [6.45, 7) is 0. The van der Waals surface area contributed by atoms with Gasteiger partial charge in [0.05, 0.1) is 0 Å². The van der Waals surface area contributed by atoms with Crippen molar-refractivity contribution in [3.63, 3.8) is 0 Å². The molecule has 0 saturated heterocycles. The number of para-hydroxylation sites is 1. The first-order valence-corrected chi connectivity index (χ1v) is 26.1. The Morgan fingerprint density at radius 2 is 0.447 bits per heavy atom. The normalized spacial score (nSPS) is 11.9. The van der Waals surface area contributed by atoms with Crippen molar-refractivity contribution in [3.8, 4) is 66.8 Å². The van der Waals surface area contributed by atoms with Gasteiger partial charge in [0.25, 0.3) is 0 Å². The average Bonchev–Trinajstić information content (AvgIpc) is 4.12. The van der Waals surface area contributed by atoms with E-state index in [1.807, 2.05) is 12.1 Å². The molecule has 0 bridgehead atoms. The van der Waals surface area contributed by atoms with Gasteiger partial charge in [-0.3, -0.25) is 0 Å². The van der Waals surface area contributed by atoms with E-state index in [1.54, 1.807) is 0 Å². The molecule has 0 radical (unpaired) electrons. The van der Waals surface area contributed by atoms with Gasteiger partial charge in [0.15, 0.2) is 0 Å². The van der Waals surface area contributed by atoms with Crippen LogP contribution < -0.4 is 0 Å². The molecular weight excluding hydrogens is 921 g/mol. The van der Waals surface area contributed by atoms with Crippen LogP contribution in [0, 0.1) is 0 Å². The SMILES string of the molecule is c1ccc(-c2cccc(-c3c4ccccc4c(-c4ccc5c(c4)oc4cc(-c6ccc7cc(-c8c9ccccc9c(-c9ccc%10c(c9)oc9ccccc9%10)c9ccccc89)ccc7c6)ccc45)c4ccccc34)c2)cc1. The summed E-state index contributed by atoms with van der Waals surface area (Å²) in [6, 6.07) is 97.2. The zero-order valence-corrected chi connectivity index (χ0v) is 41.2. The molecule has 0 amide bonds. The van der Waals surface area contributed by atoms with Crippen molar-refractivity contribution in [2.45, 2.75) is 0 Å². The lowest BCUT2D eigenvalue weighted by molar-refractivity contribution is 0.669. The van der Waals surface area contributed by atoms with Crippen LogP contribution in [0.4, 0.5) is 0 Å². The van der Waals surface area contributed by atoms with Gasteiger partial charge in [-0.15, -0.1) is 0 Å². The Balaban J connectivity index is 0.764. The van der Waals surface area contributed by atoms with E-state index in [0.717, 1.165) is 66.1 Å². The molecule has 2 aromatic heterocycles. The summed E-state index contributed by atoms with van der Waals surface area (Å²) in [5.74, 6) is 0. The van der Waals surface area contributed by atoms with E-state index in [-0.39, 0.29) is 0 Å². The van der Waals surface area contributed by atoms with Gasteiger partial charge in [-0.25, -0.2) is 0 Å². The van der Waals surface area contributed by atoms with Gasteiger partial charge in [-0.05, 0) is 181 Å². The highest BCUT2D eigenvalue weighted by molar-refractivity contribution is 6.24. The average molecular weight is 965 g/mol. The Morgan fingerprint density at radius 1 is 0.158 bits per heavy atom. The lowest BCUT2D eigenvalue weighted by Gasteiger charge is -2.18. The van der Waals surface area contributed by atoms with E-state index in [2.05, 4.69) is 255 Å². The largest absolute Gasteiger partial charge is 0.456 e. The molecule has 76 heavy (non-hydrogen) atoms. The molecule has 14 aromatic carbocycles. The van der Waals surface area contributed by atoms with Gasteiger partial charge >= 0.3 is 0 Å². The fourth-order valence-corrected chi connectivity index (χ4v) is 12.6. The number of furan rings is 2. The van der Waals surface area contributed by atoms with Crippen molar-refractivity contribution in [3.05, 3.63) is 267 Å². The molecule has 0 N–H and O–H groups in total. The summed E-state index contributed by atoms with van der Waals surface area (Å²) in [7, 11) is 0. The summed E-state index contributed by atoms with van der Waals surface area (Å²) in [6.07, 6.45) is 0. The van der Waals surface area contributed by atoms with Crippen LogP contribution in [0.1, 0.15) is 0 Å². The van der Waals surface area contributed by atoms with Crippen molar-refractivity contribution >= 4 is 97.7 Å². The van der Waals surface area contributed by atoms with Gasteiger partial charge in [0.1, 0.15) is 22.3 Å². The van der Waals surface area contributed by atoms with Crippen LogP contribution in [-0.2, 0) is 0 Å². The molecule has 0 unspecified atom stereocenters. The van der Waals surface area contributed by atoms with Crippen molar-refractivity contribution < 1.29 is 8.83 Å². The second-order valence-corrected chi connectivity index (χ2v) is 20.2. The summed E-state index contributed by atoms with van der Waals surface area (Å²) in [4.78, 5) is 0. The lowest BCUT2D eigenvalue weighted by atomic mass is 9.85. The molecule has 0 fully saturated rings. The van der Waals surface area contributed by atoms with Gasteiger partial charge in [0.2, 0.25) is 0 Å². The second-order valence-electron chi connectivity index (χ2n) is 20.2. The van der Waals surface area contributed by atoms with Crippen molar-refractivity contribution in [2.24, 2.45) is 0 Å². The first-order chi connectivity index (χ1) is 37.7. The van der Waals surface area contributed by atoms with Crippen molar-refractivity contribution in [1.82, 2.24) is 0 Å². The molecule has 0 atom stereocenters. The lowest BCUT2D eigenvalue weighted by Crippen LogP contribution is -1.91. The van der Waals surface area contributed by atoms with Crippen LogP contribution in [0.25, 0.3) is 165 Å². The zero-order chi connectivity index (χ0) is 49.8. The van der Waals surface area contributed by atoms with Crippen LogP contribution in [0.2, 0.25) is 0 Å². The van der Waals surface area contributed by atoms with Crippen LogP contribution in [0.3, 0.4) is 0 Å². The molecule has 16 aromatic rings. The van der Waals surface area contributed by atoms with Crippen LogP contribution in [0.15, 0.2) is 276 Å². The topological polar surface area (TPSA) is 26.3 Å². The molecule has 352 valence electrons. The highest BCUT2D eigenvalue weighted by Crippen LogP contribution is 2.48. The Bertz CT molecular complexity index is 4940. The third-order valence-electron chi connectivity index (χ3n) is 16.0. The number of rotatable bonds is 6.